The number of nitrogens with two attached hydrogens (primary N) is 1. The zero-order valence-electron chi connectivity index (χ0n) is 7.99. The molecule has 11 heavy (non-hydrogen) atoms. The third-order valence-corrected chi connectivity index (χ3v) is 0.986. The number of aliphatic carboxylic acids is 2. The summed E-state index contributed by atoms with van der Waals surface area (Å²) in [5.74, 6) is -2.20. The van der Waals surface area contributed by atoms with E-state index in [4.69, 9.17) is 15.9 Å². The van der Waals surface area contributed by atoms with Crippen molar-refractivity contribution in [2.45, 2.75) is 18.9 Å². The number of hydrogen-bond donors (Lipinski definition) is 3. The molecule has 0 aromatic carbocycles. The van der Waals surface area contributed by atoms with Gasteiger partial charge in [0.1, 0.15) is 6.04 Å². The first kappa shape index (κ1) is 13.3. The SMILES string of the molecule is N[C@@H](CCC(=O)O)C(=O)O.[H-].[H-].[Mg+2]. The summed E-state index contributed by atoms with van der Waals surface area (Å²) in [7, 11) is 0. The molecule has 0 bridgehead atoms. The van der Waals surface area contributed by atoms with E-state index in [1.165, 1.54) is 0 Å². The van der Waals surface area contributed by atoms with E-state index < -0.39 is 18.0 Å². The van der Waals surface area contributed by atoms with Crippen LogP contribution in [0.1, 0.15) is 15.7 Å². The summed E-state index contributed by atoms with van der Waals surface area (Å²) in [6, 6.07) is -1.06. The van der Waals surface area contributed by atoms with Gasteiger partial charge in [-0.2, -0.15) is 0 Å². The Balaban J connectivity index is -0.000000135. The van der Waals surface area contributed by atoms with Crippen LogP contribution < -0.4 is 5.73 Å². The molecule has 0 amide bonds. The van der Waals surface area contributed by atoms with Crippen LogP contribution in [0.25, 0.3) is 0 Å². The van der Waals surface area contributed by atoms with Crippen molar-refractivity contribution in [3.8, 4) is 0 Å². The first-order valence-electron chi connectivity index (χ1n) is 2.74. The van der Waals surface area contributed by atoms with Crippen LogP contribution in [0.5, 0.6) is 0 Å². The number of carboxylic acid groups (broad SMARTS) is 2. The van der Waals surface area contributed by atoms with E-state index in [0.29, 0.717) is 0 Å². The minimum absolute atomic E-state index is 0. The molecule has 5 nitrogen and oxygen atoms in total. The first-order chi connectivity index (χ1) is 4.54. The first-order valence-corrected chi connectivity index (χ1v) is 2.74. The quantitative estimate of drug-likeness (QED) is 0.479. The van der Waals surface area contributed by atoms with E-state index in [2.05, 4.69) is 0 Å². The summed E-state index contributed by atoms with van der Waals surface area (Å²) >= 11 is 0. The predicted molar refractivity (Wildman–Crippen MR) is 40.5 cm³/mol. The third-order valence-electron chi connectivity index (χ3n) is 0.986. The molecule has 0 rings (SSSR count). The Labute approximate surface area is 82.7 Å². The van der Waals surface area contributed by atoms with Gasteiger partial charge in [-0.05, 0) is 6.42 Å². The standard InChI is InChI=1S/C5H9NO4.Mg.2H/c6-3(5(9)10)1-2-4(7)8;;;/h3H,1-2,6H2,(H,7,8)(H,9,10);;;/q;+2;2*-1/t3-;;;/m0.../s1. The molecule has 6 heteroatoms. The second-order valence-corrected chi connectivity index (χ2v) is 1.88. The smallest absolute Gasteiger partial charge is 1.00 e. The van der Waals surface area contributed by atoms with Crippen molar-refractivity contribution in [1.29, 1.82) is 0 Å². The Morgan fingerprint density at radius 3 is 2.18 bits per heavy atom. The van der Waals surface area contributed by atoms with Crippen LogP contribution in [0.15, 0.2) is 0 Å². The maximum Gasteiger partial charge on any atom is 2.00 e. The van der Waals surface area contributed by atoms with Gasteiger partial charge < -0.3 is 18.8 Å². The van der Waals surface area contributed by atoms with E-state index in [-0.39, 0.29) is 38.7 Å². The van der Waals surface area contributed by atoms with Gasteiger partial charge in [-0.25, -0.2) is 0 Å². The Bertz CT molecular complexity index is 157. The van der Waals surface area contributed by atoms with Crippen LogP contribution in [0.4, 0.5) is 0 Å². The molecule has 0 aromatic heterocycles. The van der Waals surface area contributed by atoms with Crippen LogP contribution in [0.2, 0.25) is 0 Å². The van der Waals surface area contributed by atoms with Crippen molar-refractivity contribution >= 4 is 35.0 Å². The molecule has 0 spiro atoms. The molecule has 0 fully saturated rings. The molecule has 0 aromatic rings. The van der Waals surface area contributed by atoms with Crippen LogP contribution in [0.3, 0.4) is 0 Å². The molecule has 0 saturated carbocycles. The average Bonchev–Trinajstić information content (AvgIpc) is 1.82. The Morgan fingerprint density at radius 2 is 1.91 bits per heavy atom. The molecular formula is C5H11MgNO4. The molecule has 0 saturated heterocycles. The van der Waals surface area contributed by atoms with E-state index in [1.807, 2.05) is 0 Å². The zero-order chi connectivity index (χ0) is 8.15. The van der Waals surface area contributed by atoms with Gasteiger partial charge in [-0.1, -0.05) is 0 Å². The van der Waals surface area contributed by atoms with Gasteiger partial charge in [-0.15, -0.1) is 0 Å². The minimum Gasteiger partial charge on any atom is -1.00 e. The Hall–Kier alpha value is -0.334. The third kappa shape index (κ3) is 7.56. The molecule has 62 valence electrons. The maximum absolute atomic E-state index is 9.99. The number of carbonyl (C=O) groups is 2. The normalized spacial score (nSPS) is 11.4. The van der Waals surface area contributed by atoms with Crippen LogP contribution in [-0.4, -0.2) is 51.2 Å². The molecule has 4 N–H and O–H groups in total. The van der Waals surface area contributed by atoms with Gasteiger partial charge in [0.25, 0.3) is 0 Å². The molecular weight excluding hydrogens is 162 g/mol. The summed E-state index contributed by atoms with van der Waals surface area (Å²) in [6.07, 6.45) is -0.224. The number of hydrogen-bond acceptors (Lipinski definition) is 3. The van der Waals surface area contributed by atoms with Gasteiger partial charge in [0.2, 0.25) is 0 Å². The summed E-state index contributed by atoms with van der Waals surface area (Å²) in [5, 5.41) is 16.3. The second-order valence-electron chi connectivity index (χ2n) is 1.88. The van der Waals surface area contributed by atoms with Gasteiger partial charge >= 0.3 is 35.0 Å². The predicted octanol–water partition coefficient (Wildman–Crippen LogP) is -0.893. The van der Waals surface area contributed by atoms with Crippen LogP contribution >= 0.6 is 0 Å². The summed E-state index contributed by atoms with van der Waals surface area (Å²) < 4.78 is 0. The number of carboxylic acids is 2. The van der Waals surface area contributed by atoms with Crippen molar-refractivity contribution in [2.75, 3.05) is 0 Å². The van der Waals surface area contributed by atoms with Gasteiger partial charge in [0, 0.05) is 6.42 Å². The van der Waals surface area contributed by atoms with Gasteiger partial charge in [0.15, 0.2) is 0 Å². The average molecular weight is 173 g/mol. The maximum atomic E-state index is 9.99. The molecule has 0 aliphatic rings. The minimum atomic E-state index is -1.17. The summed E-state index contributed by atoms with van der Waals surface area (Å²) in [4.78, 5) is 19.9. The summed E-state index contributed by atoms with van der Waals surface area (Å²) in [6.45, 7) is 0. The van der Waals surface area contributed by atoms with E-state index in [1.54, 1.807) is 0 Å². The van der Waals surface area contributed by atoms with Gasteiger partial charge in [0.05, 0.1) is 0 Å². The van der Waals surface area contributed by atoms with Crippen LogP contribution in [-0.2, 0) is 9.59 Å². The van der Waals surface area contributed by atoms with Crippen molar-refractivity contribution in [2.24, 2.45) is 5.73 Å². The van der Waals surface area contributed by atoms with E-state index in [9.17, 15) is 9.59 Å². The fourth-order valence-electron chi connectivity index (χ4n) is 0.402. The van der Waals surface area contributed by atoms with Gasteiger partial charge in [-0.3, -0.25) is 9.59 Å². The molecule has 0 unspecified atom stereocenters. The largest absolute Gasteiger partial charge is 2.00 e. The molecule has 0 aliphatic carbocycles. The zero-order valence-corrected chi connectivity index (χ0v) is 7.40. The van der Waals surface area contributed by atoms with E-state index in [0.717, 1.165) is 0 Å². The monoisotopic (exact) mass is 173 g/mol. The van der Waals surface area contributed by atoms with Crippen molar-refractivity contribution < 1.29 is 22.7 Å². The Morgan fingerprint density at radius 1 is 1.45 bits per heavy atom. The van der Waals surface area contributed by atoms with E-state index >= 15 is 0 Å². The molecule has 0 aliphatic heterocycles. The molecule has 1 atom stereocenters. The van der Waals surface area contributed by atoms with Crippen molar-refractivity contribution in [3.05, 3.63) is 0 Å². The molecule has 0 radical (unpaired) electrons. The second kappa shape index (κ2) is 6.38. The fraction of sp³-hybridized carbons (Fsp3) is 0.600. The molecule has 0 heterocycles. The number of rotatable bonds is 4. The topological polar surface area (TPSA) is 101 Å². The Kier molecular flexibility index (Phi) is 7.70. The van der Waals surface area contributed by atoms with Crippen molar-refractivity contribution in [1.82, 2.24) is 0 Å². The fourth-order valence-corrected chi connectivity index (χ4v) is 0.402. The van der Waals surface area contributed by atoms with Crippen LogP contribution in [0, 0.1) is 0 Å². The summed E-state index contributed by atoms with van der Waals surface area (Å²) in [5.41, 5.74) is 5.00. The van der Waals surface area contributed by atoms with Crippen molar-refractivity contribution in [3.63, 3.8) is 0 Å².